The number of thiophene rings is 1. The third-order valence-electron chi connectivity index (χ3n) is 2.83. The number of aromatic amines is 1. The topological polar surface area (TPSA) is 45.8 Å². The highest BCUT2D eigenvalue weighted by molar-refractivity contribution is 7.98. The Labute approximate surface area is 129 Å². The highest BCUT2D eigenvalue weighted by Crippen LogP contribution is 2.26. The average molecular weight is 323 g/mol. The number of aromatic nitrogens is 2. The molecular weight excluding hydrogens is 312 g/mol. The highest BCUT2D eigenvalue weighted by atomic mass is 35.5. The summed E-state index contributed by atoms with van der Waals surface area (Å²) in [5, 5.41) is 2.02. The smallest absolute Gasteiger partial charge is 0.260 e. The van der Waals surface area contributed by atoms with E-state index < -0.39 is 0 Å². The lowest BCUT2D eigenvalue weighted by atomic mass is 10.2. The fourth-order valence-corrected chi connectivity index (χ4v) is 3.95. The van der Waals surface area contributed by atoms with E-state index in [9.17, 15) is 4.79 Å². The first-order valence-electron chi connectivity index (χ1n) is 6.00. The van der Waals surface area contributed by atoms with Gasteiger partial charge in [-0.1, -0.05) is 41.6 Å². The van der Waals surface area contributed by atoms with Crippen LogP contribution in [0.2, 0.25) is 5.02 Å². The summed E-state index contributed by atoms with van der Waals surface area (Å²) in [6.07, 6.45) is 0. The quantitative estimate of drug-likeness (QED) is 0.579. The zero-order valence-electron chi connectivity index (χ0n) is 10.6. The molecule has 102 valence electrons. The lowest BCUT2D eigenvalue weighted by Crippen LogP contribution is -2.07. The molecule has 0 atom stereocenters. The molecule has 6 heteroatoms. The molecule has 3 rings (SSSR count). The van der Waals surface area contributed by atoms with E-state index in [1.54, 1.807) is 0 Å². The second-order valence-corrected chi connectivity index (χ2v) is 6.93. The fourth-order valence-electron chi connectivity index (χ4n) is 1.86. The van der Waals surface area contributed by atoms with Gasteiger partial charge in [0, 0.05) is 15.7 Å². The SMILES string of the molecule is Cc1cc2c(=O)[nH]c(SCc3ccccc3Cl)nc2s1. The summed E-state index contributed by atoms with van der Waals surface area (Å²) in [5.74, 6) is 0.679. The van der Waals surface area contributed by atoms with Crippen LogP contribution in [0.15, 0.2) is 40.3 Å². The average Bonchev–Trinajstić information content (AvgIpc) is 2.79. The van der Waals surface area contributed by atoms with E-state index in [0.29, 0.717) is 16.3 Å². The van der Waals surface area contributed by atoms with Crippen LogP contribution in [0, 0.1) is 6.92 Å². The van der Waals surface area contributed by atoms with E-state index >= 15 is 0 Å². The first-order chi connectivity index (χ1) is 9.63. The predicted molar refractivity (Wildman–Crippen MR) is 86.0 cm³/mol. The Morgan fingerprint density at radius 2 is 2.20 bits per heavy atom. The van der Waals surface area contributed by atoms with Crippen LogP contribution in [-0.2, 0) is 5.75 Å². The Hall–Kier alpha value is -1.30. The minimum absolute atomic E-state index is 0.0824. The van der Waals surface area contributed by atoms with E-state index in [2.05, 4.69) is 9.97 Å². The molecule has 0 aliphatic heterocycles. The molecule has 2 heterocycles. The maximum Gasteiger partial charge on any atom is 0.260 e. The number of H-pyrrole nitrogens is 1. The number of aryl methyl sites for hydroxylation is 1. The first-order valence-corrected chi connectivity index (χ1v) is 8.18. The van der Waals surface area contributed by atoms with Gasteiger partial charge < -0.3 is 4.98 Å². The molecule has 0 saturated carbocycles. The van der Waals surface area contributed by atoms with Gasteiger partial charge in [0.2, 0.25) is 0 Å². The molecule has 0 saturated heterocycles. The molecule has 1 N–H and O–H groups in total. The third-order valence-corrected chi connectivity index (χ3v) is 5.06. The fraction of sp³-hybridized carbons (Fsp3) is 0.143. The Kier molecular flexibility index (Phi) is 3.83. The van der Waals surface area contributed by atoms with Crippen molar-refractivity contribution in [2.75, 3.05) is 0 Å². The van der Waals surface area contributed by atoms with Crippen molar-refractivity contribution >= 4 is 44.9 Å². The van der Waals surface area contributed by atoms with Crippen LogP contribution in [0.1, 0.15) is 10.4 Å². The molecule has 0 amide bonds. The van der Waals surface area contributed by atoms with Crippen molar-refractivity contribution in [2.24, 2.45) is 0 Å². The molecule has 2 aromatic heterocycles. The van der Waals surface area contributed by atoms with Gasteiger partial charge in [-0.2, -0.15) is 0 Å². The lowest BCUT2D eigenvalue weighted by Gasteiger charge is -2.03. The number of benzene rings is 1. The van der Waals surface area contributed by atoms with Crippen LogP contribution in [0.25, 0.3) is 10.2 Å². The molecule has 0 bridgehead atoms. The van der Waals surface area contributed by atoms with Crippen molar-refractivity contribution < 1.29 is 0 Å². The largest absolute Gasteiger partial charge is 0.301 e. The minimum Gasteiger partial charge on any atom is -0.301 e. The zero-order valence-corrected chi connectivity index (χ0v) is 13.0. The molecule has 0 radical (unpaired) electrons. The van der Waals surface area contributed by atoms with E-state index in [-0.39, 0.29) is 5.56 Å². The molecule has 0 unspecified atom stereocenters. The number of halogens is 1. The second-order valence-electron chi connectivity index (χ2n) is 4.33. The normalized spacial score (nSPS) is 11.1. The Bertz CT molecular complexity index is 825. The van der Waals surface area contributed by atoms with Gasteiger partial charge in [0.05, 0.1) is 5.39 Å². The molecule has 3 aromatic rings. The van der Waals surface area contributed by atoms with Gasteiger partial charge in [0.15, 0.2) is 5.16 Å². The van der Waals surface area contributed by atoms with Crippen molar-refractivity contribution in [2.45, 2.75) is 17.8 Å². The third kappa shape index (κ3) is 2.75. The minimum atomic E-state index is -0.0824. The summed E-state index contributed by atoms with van der Waals surface area (Å²) in [5.41, 5.74) is 0.949. The Morgan fingerprint density at radius 1 is 1.40 bits per heavy atom. The molecule has 0 spiro atoms. The van der Waals surface area contributed by atoms with Crippen LogP contribution in [0.4, 0.5) is 0 Å². The number of rotatable bonds is 3. The van der Waals surface area contributed by atoms with Gasteiger partial charge in [-0.05, 0) is 24.6 Å². The number of nitrogens with one attached hydrogen (secondary N) is 1. The van der Waals surface area contributed by atoms with Crippen molar-refractivity contribution in [1.82, 2.24) is 9.97 Å². The van der Waals surface area contributed by atoms with E-state index in [4.69, 9.17) is 11.6 Å². The number of thioether (sulfide) groups is 1. The van der Waals surface area contributed by atoms with Crippen molar-refractivity contribution in [1.29, 1.82) is 0 Å². The summed E-state index contributed by atoms with van der Waals surface area (Å²) in [6, 6.07) is 9.55. The van der Waals surface area contributed by atoms with Crippen LogP contribution in [0.3, 0.4) is 0 Å². The van der Waals surface area contributed by atoms with Crippen LogP contribution >= 0.6 is 34.7 Å². The Morgan fingerprint density at radius 3 is 3.00 bits per heavy atom. The van der Waals surface area contributed by atoms with Gasteiger partial charge in [-0.3, -0.25) is 4.79 Å². The molecular formula is C14H11ClN2OS2. The van der Waals surface area contributed by atoms with E-state index in [1.165, 1.54) is 23.1 Å². The standard InChI is InChI=1S/C14H11ClN2OS2/c1-8-6-10-12(18)16-14(17-13(10)20-8)19-7-9-4-2-3-5-11(9)15/h2-6H,7H2,1H3,(H,16,17,18). The molecule has 20 heavy (non-hydrogen) atoms. The summed E-state index contributed by atoms with van der Waals surface area (Å²) < 4.78 is 0. The van der Waals surface area contributed by atoms with Gasteiger partial charge in [-0.25, -0.2) is 4.98 Å². The molecule has 0 aliphatic carbocycles. The van der Waals surface area contributed by atoms with E-state index in [1.807, 2.05) is 37.3 Å². The maximum absolute atomic E-state index is 12.0. The Balaban J connectivity index is 1.88. The predicted octanol–water partition coefficient (Wildman–Crippen LogP) is 4.24. The number of hydrogen-bond acceptors (Lipinski definition) is 4. The van der Waals surface area contributed by atoms with Crippen LogP contribution in [0.5, 0.6) is 0 Å². The number of nitrogens with zero attached hydrogens (tertiary/aromatic N) is 1. The lowest BCUT2D eigenvalue weighted by molar-refractivity contribution is 0.979. The zero-order chi connectivity index (χ0) is 14.1. The van der Waals surface area contributed by atoms with Crippen molar-refractivity contribution in [3.05, 3.63) is 56.1 Å². The summed E-state index contributed by atoms with van der Waals surface area (Å²) in [7, 11) is 0. The van der Waals surface area contributed by atoms with Crippen molar-refractivity contribution in [3.8, 4) is 0 Å². The summed E-state index contributed by atoms with van der Waals surface area (Å²) in [6.45, 7) is 1.97. The van der Waals surface area contributed by atoms with Gasteiger partial charge in [-0.15, -0.1) is 11.3 Å². The molecule has 0 fully saturated rings. The number of fused-ring (bicyclic) bond motifs is 1. The van der Waals surface area contributed by atoms with E-state index in [0.717, 1.165) is 20.3 Å². The van der Waals surface area contributed by atoms with Gasteiger partial charge >= 0.3 is 0 Å². The highest BCUT2D eigenvalue weighted by Gasteiger charge is 2.08. The molecule has 3 nitrogen and oxygen atoms in total. The van der Waals surface area contributed by atoms with Gasteiger partial charge in [0.1, 0.15) is 4.83 Å². The molecule has 0 aliphatic rings. The molecule has 1 aromatic carbocycles. The monoisotopic (exact) mass is 322 g/mol. The van der Waals surface area contributed by atoms with Gasteiger partial charge in [0.25, 0.3) is 5.56 Å². The van der Waals surface area contributed by atoms with Crippen molar-refractivity contribution in [3.63, 3.8) is 0 Å². The van der Waals surface area contributed by atoms with Crippen LogP contribution in [-0.4, -0.2) is 9.97 Å². The van der Waals surface area contributed by atoms with Crippen LogP contribution < -0.4 is 5.56 Å². The number of hydrogen-bond donors (Lipinski definition) is 1. The summed E-state index contributed by atoms with van der Waals surface area (Å²) in [4.78, 5) is 21.1. The summed E-state index contributed by atoms with van der Waals surface area (Å²) >= 11 is 9.13. The first kappa shape index (κ1) is 13.7. The second kappa shape index (κ2) is 5.60. The maximum atomic E-state index is 12.0.